The SMILES string of the molecule is C[C@@H]1CN(c2ccccc2NC(=O)NCc2ccco2)C[C@@H](C)O1. The van der Waals surface area contributed by atoms with Gasteiger partial charge >= 0.3 is 6.03 Å². The molecule has 2 atom stereocenters. The third-order valence-corrected chi connectivity index (χ3v) is 3.92. The second-order valence-electron chi connectivity index (χ2n) is 6.07. The molecular formula is C18H23N3O3. The fourth-order valence-electron chi connectivity index (χ4n) is 2.98. The molecule has 2 aromatic rings. The Morgan fingerprint density at radius 1 is 1.17 bits per heavy atom. The van der Waals surface area contributed by atoms with E-state index in [0.717, 1.165) is 24.5 Å². The van der Waals surface area contributed by atoms with Crippen molar-refractivity contribution in [2.45, 2.75) is 32.6 Å². The van der Waals surface area contributed by atoms with Crippen molar-refractivity contribution in [1.82, 2.24) is 5.32 Å². The second-order valence-corrected chi connectivity index (χ2v) is 6.07. The monoisotopic (exact) mass is 329 g/mol. The van der Waals surface area contributed by atoms with E-state index in [9.17, 15) is 4.79 Å². The van der Waals surface area contributed by atoms with Crippen LogP contribution in [0.25, 0.3) is 0 Å². The molecule has 2 heterocycles. The van der Waals surface area contributed by atoms with E-state index in [1.807, 2.05) is 30.3 Å². The average molecular weight is 329 g/mol. The Morgan fingerprint density at radius 2 is 1.92 bits per heavy atom. The van der Waals surface area contributed by atoms with E-state index in [0.29, 0.717) is 12.3 Å². The molecule has 0 aliphatic carbocycles. The number of hydrogen-bond acceptors (Lipinski definition) is 4. The first-order chi connectivity index (χ1) is 11.6. The Hall–Kier alpha value is -2.47. The number of furan rings is 1. The van der Waals surface area contributed by atoms with Gasteiger partial charge in [0.05, 0.1) is 36.4 Å². The van der Waals surface area contributed by atoms with Crippen LogP contribution in [0.2, 0.25) is 0 Å². The highest BCUT2D eigenvalue weighted by molar-refractivity contribution is 5.93. The average Bonchev–Trinajstić information content (AvgIpc) is 3.06. The van der Waals surface area contributed by atoms with Gasteiger partial charge in [0.25, 0.3) is 0 Å². The van der Waals surface area contributed by atoms with Crippen LogP contribution in [0.5, 0.6) is 0 Å². The van der Waals surface area contributed by atoms with E-state index in [1.54, 1.807) is 12.3 Å². The molecule has 0 unspecified atom stereocenters. The summed E-state index contributed by atoms with van der Waals surface area (Å²) in [4.78, 5) is 14.4. The maximum absolute atomic E-state index is 12.2. The fourth-order valence-corrected chi connectivity index (χ4v) is 2.98. The van der Waals surface area contributed by atoms with Crippen LogP contribution in [0.4, 0.5) is 16.2 Å². The van der Waals surface area contributed by atoms with E-state index < -0.39 is 0 Å². The number of ether oxygens (including phenoxy) is 1. The number of benzene rings is 1. The van der Waals surface area contributed by atoms with Crippen molar-refractivity contribution in [3.8, 4) is 0 Å². The Bertz CT molecular complexity index is 662. The van der Waals surface area contributed by atoms with Gasteiger partial charge in [0.1, 0.15) is 5.76 Å². The minimum absolute atomic E-state index is 0.162. The van der Waals surface area contributed by atoms with Gasteiger partial charge in [0.2, 0.25) is 0 Å². The number of rotatable bonds is 4. The zero-order valence-corrected chi connectivity index (χ0v) is 14.0. The van der Waals surface area contributed by atoms with E-state index >= 15 is 0 Å². The summed E-state index contributed by atoms with van der Waals surface area (Å²) in [7, 11) is 0. The van der Waals surface area contributed by atoms with Crippen molar-refractivity contribution >= 4 is 17.4 Å². The molecule has 1 aromatic heterocycles. The van der Waals surface area contributed by atoms with Crippen LogP contribution in [0.15, 0.2) is 47.1 Å². The standard InChI is InChI=1S/C18H23N3O3/c1-13-11-21(12-14(2)24-13)17-8-4-3-7-16(17)20-18(22)19-10-15-6-5-9-23-15/h3-9,13-14H,10-12H2,1-2H3,(H2,19,20,22)/t13-,14-/m1/s1. The number of nitrogens with one attached hydrogen (secondary N) is 2. The maximum Gasteiger partial charge on any atom is 0.319 e. The van der Waals surface area contributed by atoms with Crippen molar-refractivity contribution in [1.29, 1.82) is 0 Å². The first kappa shape index (κ1) is 16.4. The summed E-state index contributed by atoms with van der Waals surface area (Å²) >= 11 is 0. The Morgan fingerprint density at radius 3 is 2.62 bits per heavy atom. The van der Waals surface area contributed by atoms with E-state index in [4.69, 9.17) is 9.15 Å². The number of nitrogens with zero attached hydrogens (tertiary/aromatic N) is 1. The van der Waals surface area contributed by atoms with E-state index in [-0.39, 0.29) is 18.2 Å². The molecule has 6 heteroatoms. The minimum atomic E-state index is -0.256. The Balaban J connectivity index is 1.66. The van der Waals surface area contributed by atoms with Crippen LogP contribution in [0.1, 0.15) is 19.6 Å². The van der Waals surface area contributed by atoms with Crippen LogP contribution >= 0.6 is 0 Å². The summed E-state index contributed by atoms with van der Waals surface area (Å²) in [6.45, 7) is 6.09. The molecule has 2 N–H and O–H groups in total. The Kier molecular flexibility index (Phi) is 5.05. The van der Waals surface area contributed by atoms with Crippen molar-refractivity contribution in [3.05, 3.63) is 48.4 Å². The quantitative estimate of drug-likeness (QED) is 0.904. The molecule has 2 amide bonds. The van der Waals surface area contributed by atoms with Crippen molar-refractivity contribution in [2.75, 3.05) is 23.3 Å². The van der Waals surface area contributed by atoms with Gasteiger partial charge in [-0.15, -0.1) is 0 Å². The summed E-state index contributed by atoms with van der Waals surface area (Å²) < 4.78 is 11.0. The van der Waals surface area contributed by atoms with Gasteiger partial charge in [-0.3, -0.25) is 0 Å². The Labute approximate surface area is 141 Å². The number of morpholine rings is 1. The summed E-state index contributed by atoms with van der Waals surface area (Å²) in [5.74, 6) is 0.717. The van der Waals surface area contributed by atoms with Crippen LogP contribution in [0.3, 0.4) is 0 Å². The fraction of sp³-hybridized carbons (Fsp3) is 0.389. The molecule has 1 aromatic carbocycles. The van der Waals surface area contributed by atoms with E-state index in [2.05, 4.69) is 29.4 Å². The lowest BCUT2D eigenvalue weighted by Gasteiger charge is -2.37. The van der Waals surface area contributed by atoms with Crippen molar-refractivity contribution in [3.63, 3.8) is 0 Å². The normalized spacial score (nSPS) is 20.7. The largest absolute Gasteiger partial charge is 0.467 e. The molecule has 1 aliphatic rings. The molecule has 0 bridgehead atoms. The first-order valence-electron chi connectivity index (χ1n) is 8.18. The van der Waals surface area contributed by atoms with Crippen LogP contribution in [-0.4, -0.2) is 31.3 Å². The number of para-hydroxylation sites is 2. The topological polar surface area (TPSA) is 66.7 Å². The molecule has 1 saturated heterocycles. The minimum Gasteiger partial charge on any atom is -0.467 e. The predicted molar refractivity (Wildman–Crippen MR) is 93.2 cm³/mol. The highest BCUT2D eigenvalue weighted by Gasteiger charge is 2.24. The summed E-state index contributed by atoms with van der Waals surface area (Å²) in [5, 5.41) is 5.72. The van der Waals surface area contributed by atoms with Crippen LogP contribution < -0.4 is 15.5 Å². The molecule has 0 spiro atoms. The number of carbonyl (C=O) groups excluding carboxylic acids is 1. The predicted octanol–water partition coefficient (Wildman–Crippen LogP) is 3.21. The number of carbonyl (C=O) groups is 1. The third-order valence-electron chi connectivity index (χ3n) is 3.92. The van der Waals surface area contributed by atoms with Crippen LogP contribution in [-0.2, 0) is 11.3 Å². The summed E-state index contributed by atoms with van der Waals surface area (Å²) in [6.07, 6.45) is 1.91. The lowest BCUT2D eigenvalue weighted by molar-refractivity contribution is -0.00517. The second kappa shape index (κ2) is 7.40. The summed E-state index contributed by atoms with van der Waals surface area (Å²) in [5.41, 5.74) is 1.79. The number of anilines is 2. The summed E-state index contributed by atoms with van der Waals surface area (Å²) in [6, 6.07) is 11.2. The lowest BCUT2D eigenvalue weighted by atomic mass is 10.1. The van der Waals surface area contributed by atoms with Crippen molar-refractivity contribution < 1.29 is 13.9 Å². The molecule has 1 aliphatic heterocycles. The van der Waals surface area contributed by atoms with Gasteiger partial charge in [-0.2, -0.15) is 0 Å². The number of amides is 2. The molecule has 1 fully saturated rings. The third kappa shape index (κ3) is 4.08. The molecular weight excluding hydrogens is 306 g/mol. The van der Waals surface area contributed by atoms with Gasteiger partial charge < -0.3 is 24.7 Å². The molecule has 0 saturated carbocycles. The molecule has 6 nitrogen and oxygen atoms in total. The molecule has 0 radical (unpaired) electrons. The smallest absolute Gasteiger partial charge is 0.319 e. The highest BCUT2D eigenvalue weighted by atomic mass is 16.5. The lowest BCUT2D eigenvalue weighted by Crippen LogP contribution is -2.45. The zero-order chi connectivity index (χ0) is 16.9. The van der Waals surface area contributed by atoms with Gasteiger partial charge in [-0.25, -0.2) is 4.79 Å². The van der Waals surface area contributed by atoms with E-state index in [1.165, 1.54) is 0 Å². The van der Waals surface area contributed by atoms with Gasteiger partial charge in [-0.05, 0) is 38.1 Å². The maximum atomic E-state index is 12.2. The molecule has 24 heavy (non-hydrogen) atoms. The van der Waals surface area contributed by atoms with Gasteiger partial charge in [0, 0.05) is 13.1 Å². The van der Waals surface area contributed by atoms with Gasteiger partial charge in [-0.1, -0.05) is 12.1 Å². The number of hydrogen-bond donors (Lipinski definition) is 2. The molecule has 3 rings (SSSR count). The number of urea groups is 1. The van der Waals surface area contributed by atoms with Crippen LogP contribution in [0, 0.1) is 0 Å². The highest BCUT2D eigenvalue weighted by Crippen LogP contribution is 2.28. The van der Waals surface area contributed by atoms with Crippen molar-refractivity contribution in [2.24, 2.45) is 0 Å². The molecule has 128 valence electrons. The zero-order valence-electron chi connectivity index (χ0n) is 14.0. The van der Waals surface area contributed by atoms with Gasteiger partial charge in [0.15, 0.2) is 0 Å². The first-order valence-corrected chi connectivity index (χ1v) is 8.18.